The van der Waals surface area contributed by atoms with Crippen LogP contribution in [0.4, 0.5) is 14.5 Å². The van der Waals surface area contributed by atoms with Crippen LogP contribution < -0.4 is 9.46 Å². The highest BCUT2D eigenvalue weighted by Crippen LogP contribution is 2.35. The number of rotatable bonds is 4. The number of hydrogen-bond donors (Lipinski definition) is 1. The topological polar surface area (TPSA) is 98.5 Å². The summed E-state index contributed by atoms with van der Waals surface area (Å²) in [5.74, 6) is -1.90. The third-order valence-corrected chi connectivity index (χ3v) is 5.99. The molecule has 1 heterocycles. The van der Waals surface area contributed by atoms with Crippen molar-refractivity contribution in [3.05, 3.63) is 61.6 Å². The average molecular weight is 439 g/mol. The van der Waals surface area contributed by atoms with Gasteiger partial charge in [0.1, 0.15) is 12.4 Å². The van der Waals surface area contributed by atoms with E-state index in [4.69, 9.17) is 27.9 Å². The van der Waals surface area contributed by atoms with Gasteiger partial charge in [-0.1, -0.05) is 23.2 Å². The highest BCUT2D eigenvalue weighted by molar-refractivity contribution is 7.89. The smallest absolute Gasteiger partial charge is 0.292 e. The molecule has 3 rings (SSSR count). The molecular weight excluding hydrogens is 429 g/mol. The Bertz CT molecular complexity index is 1050. The molecule has 144 valence electrons. The van der Waals surface area contributed by atoms with E-state index in [0.717, 1.165) is 18.2 Å². The lowest BCUT2D eigenvalue weighted by Gasteiger charge is -2.26. The maximum Gasteiger partial charge on any atom is 0.292 e. The number of nitro groups is 1. The van der Waals surface area contributed by atoms with E-state index in [-0.39, 0.29) is 29.4 Å². The minimum atomic E-state index is -4.46. The first kappa shape index (κ1) is 19.7. The molecule has 27 heavy (non-hydrogen) atoms. The molecule has 0 aromatic heterocycles. The molecule has 0 saturated heterocycles. The molecule has 0 saturated carbocycles. The lowest BCUT2D eigenvalue weighted by atomic mass is 10.0. The Morgan fingerprint density at radius 1 is 1.22 bits per heavy atom. The number of halogens is 4. The number of nitro benzene ring substituents is 1. The first-order valence-electron chi connectivity index (χ1n) is 7.35. The standard InChI is InChI=1S/C15H10Cl2F2N2O5S/c16-8-3-11(17)15(13(4-8)21(22)23)27(24,25)20-10-2-7-1-9(18)5-12(19)14(7)26-6-10/h1,3-5,10,20H,2,6H2. The van der Waals surface area contributed by atoms with Crippen molar-refractivity contribution in [3.8, 4) is 5.75 Å². The van der Waals surface area contributed by atoms with E-state index >= 15 is 0 Å². The second kappa shape index (κ2) is 7.19. The van der Waals surface area contributed by atoms with Gasteiger partial charge in [0.15, 0.2) is 16.5 Å². The van der Waals surface area contributed by atoms with Crippen molar-refractivity contribution in [2.75, 3.05) is 6.61 Å². The summed E-state index contributed by atoms with van der Waals surface area (Å²) in [5, 5.41) is 10.7. The molecule has 1 unspecified atom stereocenters. The molecule has 0 spiro atoms. The van der Waals surface area contributed by atoms with Crippen LogP contribution in [0.3, 0.4) is 0 Å². The van der Waals surface area contributed by atoms with Crippen LogP contribution in [0, 0.1) is 21.7 Å². The van der Waals surface area contributed by atoms with Crippen molar-refractivity contribution in [1.82, 2.24) is 4.72 Å². The van der Waals surface area contributed by atoms with Gasteiger partial charge in [-0.05, 0) is 18.6 Å². The number of fused-ring (bicyclic) bond motifs is 1. The predicted octanol–water partition coefficient (Wildman–Crippen LogP) is 3.46. The van der Waals surface area contributed by atoms with Gasteiger partial charge < -0.3 is 4.74 Å². The van der Waals surface area contributed by atoms with Gasteiger partial charge >= 0.3 is 0 Å². The van der Waals surface area contributed by atoms with Crippen LogP contribution in [0.2, 0.25) is 10.0 Å². The minimum absolute atomic E-state index is 0.0811. The van der Waals surface area contributed by atoms with Gasteiger partial charge in [0.2, 0.25) is 10.0 Å². The Morgan fingerprint density at radius 3 is 2.59 bits per heavy atom. The molecule has 0 bridgehead atoms. The summed E-state index contributed by atoms with van der Waals surface area (Å²) in [6.45, 7) is -0.256. The molecule has 2 aromatic carbocycles. The van der Waals surface area contributed by atoms with Gasteiger partial charge in [-0.2, -0.15) is 0 Å². The zero-order chi connectivity index (χ0) is 19.9. The molecule has 0 aliphatic carbocycles. The fraction of sp³-hybridized carbons (Fsp3) is 0.200. The number of hydrogen-bond acceptors (Lipinski definition) is 5. The summed E-state index contributed by atoms with van der Waals surface area (Å²) in [4.78, 5) is 9.51. The maximum atomic E-state index is 13.7. The number of nitrogens with zero attached hydrogens (tertiary/aromatic N) is 1. The van der Waals surface area contributed by atoms with Crippen LogP contribution in [0.15, 0.2) is 29.2 Å². The Morgan fingerprint density at radius 2 is 1.93 bits per heavy atom. The van der Waals surface area contributed by atoms with Crippen LogP contribution >= 0.6 is 23.2 Å². The Labute approximate surface area is 162 Å². The van der Waals surface area contributed by atoms with Crippen LogP contribution in [-0.2, 0) is 16.4 Å². The maximum absolute atomic E-state index is 13.7. The second-order valence-corrected chi connectivity index (χ2v) is 8.20. The lowest BCUT2D eigenvalue weighted by molar-refractivity contribution is -0.387. The van der Waals surface area contributed by atoms with Gasteiger partial charge in [0, 0.05) is 22.7 Å². The number of ether oxygens (including phenoxy) is 1. The van der Waals surface area contributed by atoms with Crippen molar-refractivity contribution in [2.24, 2.45) is 0 Å². The van der Waals surface area contributed by atoms with E-state index in [9.17, 15) is 27.3 Å². The summed E-state index contributed by atoms with van der Waals surface area (Å²) in [6, 6.07) is 2.67. The van der Waals surface area contributed by atoms with Crippen molar-refractivity contribution in [2.45, 2.75) is 17.4 Å². The van der Waals surface area contributed by atoms with E-state index in [1.165, 1.54) is 0 Å². The third kappa shape index (κ3) is 3.98. The lowest BCUT2D eigenvalue weighted by Crippen LogP contribution is -2.43. The Kier molecular flexibility index (Phi) is 5.26. The zero-order valence-corrected chi connectivity index (χ0v) is 15.5. The monoisotopic (exact) mass is 438 g/mol. The van der Waals surface area contributed by atoms with Crippen LogP contribution in [-0.4, -0.2) is 26.0 Å². The highest BCUT2D eigenvalue weighted by atomic mass is 35.5. The molecule has 7 nitrogen and oxygen atoms in total. The zero-order valence-electron chi connectivity index (χ0n) is 13.2. The third-order valence-electron chi connectivity index (χ3n) is 3.76. The summed E-state index contributed by atoms with van der Waals surface area (Å²) in [5.41, 5.74) is -0.669. The predicted molar refractivity (Wildman–Crippen MR) is 92.8 cm³/mol. The molecule has 12 heteroatoms. The minimum Gasteiger partial charge on any atom is -0.489 e. The summed E-state index contributed by atoms with van der Waals surface area (Å²) in [7, 11) is -4.46. The summed E-state index contributed by atoms with van der Waals surface area (Å²) >= 11 is 11.6. The van der Waals surface area contributed by atoms with Gasteiger partial charge in [-0.25, -0.2) is 21.9 Å². The van der Waals surface area contributed by atoms with E-state index in [2.05, 4.69) is 4.72 Å². The quantitative estimate of drug-likeness (QED) is 0.581. The largest absolute Gasteiger partial charge is 0.489 e. The fourth-order valence-corrected chi connectivity index (χ4v) is 4.96. The van der Waals surface area contributed by atoms with E-state index < -0.39 is 48.2 Å². The van der Waals surface area contributed by atoms with Gasteiger partial charge in [0.05, 0.1) is 16.0 Å². The average Bonchev–Trinajstić information content (AvgIpc) is 2.52. The first-order chi connectivity index (χ1) is 12.6. The van der Waals surface area contributed by atoms with Crippen LogP contribution in [0.25, 0.3) is 0 Å². The second-order valence-electron chi connectivity index (χ2n) is 5.70. The number of benzene rings is 2. The molecule has 1 atom stereocenters. The molecule has 0 amide bonds. The van der Waals surface area contributed by atoms with Crippen LogP contribution in [0.5, 0.6) is 5.75 Å². The highest BCUT2D eigenvalue weighted by Gasteiger charge is 2.34. The van der Waals surface area contributed by atoms with E-state index in [1.807, 2.05) is 0 Å². The van der Waals surface area contributed by atoms with Gasteiger partial charge in [-0.3, -0.25) is 10.1 Å². The van der Waals surface area contributed by atoms with Crippen molar-refractivity contribution in [1.29, 1.82) is 0 Å². The molecule has 1 N–H and O–H groups in total. The molecule has 1 aliphatic heterocycles. The Balaban J connectivity index is 1.94. The number of nitrogens with one attached hydrogen (secondary N) is 1. The first-order valence-corrected chi connectivity index (χ1v) is 9.59. The Hall–Kier alpha value is -2.01. The molecule has 0 fully saturated rings. The number of sulfonamides is 1. The van der Waals surface area contributed by atoms with Crippen molar-refractivity contribution in [3.63, 3.8) is 0 Å². The van der Waals surface area contributed by atoms with Gasteiger partial charge in [0.25, 0.3) is 5.69 Å². The van der Waals surface area contributed by atoms with E-state index in [0.29, 0.717) is 6.07 Å². The molecule has 2 aromatic rings. The fourth-order valence-electron chi connectivity index (χ4n) is 2.74. The van der Waals surface area contributed by atoms with Gasteiger partial charge in [-0.15, -0.1) is 0 Å². The molecule has 1 aliphatic rings. The molecular formula is C15H10Cl2F2N2O5S. The van der Waals surface area contributed by atoms with Crippen molar-refractivity contribution < 1.29 is 26.9 Å². The normalized spacial score (nSPS) is 16.5. The van der Waals surface area contributed by atoms with Crippen molar-refractivity contribution >= 4 is 38.9 Å². The molecule has 0 radical (unpaired) electrons. The SMILES string of the molecule is O=[N+]([O-])c1cc(Cl)cc(Cl)c1S(=O)(=O)NC1COc2c(F)cc(F)cc2C1. The summed E-state index contributed by atoms with van der Waals surface area (Å²) in [6.07, 6.45) is -0.0811. The van der Waals surface area contributed by atoms with Crippen LogP contribution in [0.1, 0.15) is 5.56 Å². The summed E-state index contributed by atoms with van der Waals surface area (Å²) < 4.78 is 59.8. The van der Waals surface area contributed by atoms with E-state index in [1.54, 1.807) is 0 Å².